The van der Waals surface area contributed by atoms with Crippen LogP contribution in [0.15, 0.2) is 28.8 Å². The summed E-state index contributed by atoms with van der Waals surface area (Å²) < 4.78 is 16.2. The highest BCUT2D eigenvalue weighted by Crippen LogP contribution is 2.22. The third kappa shape index (κ3) is 4.40. The summed E-state index contributed by atoms with van der Waals surface area (Å²) >= 11 is 0. The average molecular weight is 386 g/mol. The molecule has 2 saturated heterocycles. The number of hydrogen-bond donors (Lipinski definition) is 1. The third-order valence-electron chi connectivity index (χ3n) is 5.42. The molecular weight excluding hydrogens is 360 g/mol. The number of amides is 1. The highest BCUT2D eigenvalue weighted by molar-refractivity contribution is 5.94. The van der Waals surface area contributed by atoms with Gasteiger partial charge in [0.1, 0.15) is 0 Å². The van der Waals surface area contributed by atoms with Gasteiger partial charge >= 0.3 is 0 Å². The number of ether oxygens (including phenoxy) is 2. The number of nitrogens with one attached hydrogen (secondary N) is 1. The Hall–Kier alpha value is -2.29. The van der Waals surface area contributed by atoms with Crippen molar-refractivity contribution in [2.24, 2.45) is 5.92 Å². The second-order valence-corrected chi connectivity index (χ2v) is 7.27. The van der Waals surface area contributed by atoms with Gasteiger partial charge in [0.05, 0.1) is 19.8 Å². The largest absolute Gasteiger partial charge is 0.381 e. The standard InChI is InChI=1S/C20H26N4O4/c1-14-22-20(28-23-14)16-4-2-15(3-5-16)19(25)21-12-18(17-6-9-27-13-17)24-7-10-26-11-8-24/h2-5,17-18H,6-13H2,1H3,(H,21,25). The molecule has 0 aliphatic carbocycles. The third-order valence-corrected chi connectivity index (χ3v) is 5.42. The zero-order valence-electron chi connectivity index (χ0n) is 16.1. The second-order valence-electron chi connectivity index (χ2n) is 7.27. The Kier molecular flexibility index (Phi) is 5.99. The molecule has 0 bridgehead atoms. The molecule has 1 amide bonds. The fraction of sp³-hybridized carbons (Fsp3) is 0.550. The van der Waals surface area contributed by atoms with Crippen LogP contribution in [0.4, 0.5) is 0 Å². The first-order valence-corrected chi connectivity index (χ1v) is 9.79. The van der Waals surface area contributed by atoms with Crippen LogP contribution in [0.3, 0.4) is 0 Å². The highest BCUT2D eigenvalue weighted by atomic mass is 16.5. The minimum atomic E-state index is -0.0783. The normalized spacial score (nSPS) is 21.5. The Morgan fingerprint density at radius 3 is 2.64 bits per heavy atom. The maximum Gasteiger partial charge on any atom is 0.257 e. The van der Waals surface area contributed by atoms with E-state index >= 15 is 0 Å². The minimum Gasteiger partial charge on any atom is -0.381 e. The van der Waals surface area contributed by atoms with Crippen molar-refractivity contribution in [1.82, 2.24) is 20.4 Å². The van der Waals surface area contributed by atoms with Crippen LogP contribution in [0.25, 0.3) is 11.5 Å². The van der Waals surface area contributed by atoms with Gasteiger partial charge in [-0.25, -0.2) is 0 Å². The van der Waals surface area contributed by atoms with Crippen LogP contribution in [0, 0.1) is 12.8 Å². The number of carbonyl (C=O) groups is 1. The monoisotopic (exact) mass is 386 g/mol. The Labute approximate surface area is 164 Å². The van der Waals surface area contributed by atoms with E-state index < -0.39 is 0 Å². The van der Waals surface area contributed by atoms with E-state index in [9.17, 15) is 4.79 Å². The Balaban J connectivity index is 1.38. The van der Waals surface area contributed by atoms with Crippen molar-refractivity contribution >= 4 is 5.91 Å². The lowest BCUT2D eigenvalue weighted by atomic mass is 9.96. The molecule has 0 spiro atoms. The number of benzene rings is 1. The smallest absolute Gasteiger partial charge is 0.257 e. The fourth-order valence-electron chi connectivity index (χ4n) is 3.84. The summed E-state index contributed by atoms with van der Waals surface area (Å²) in [6, 6.07) is 7.49. The number of morpholine rings is 1. The molecule has 2 unspecified atom stereocenters. The van der Waals surface area contributed by atoms with Gasteiger partial charge in [-0.1, -0.05) is 5.16 Å². The number of rotatable bonds is 6. The SMILES string of the molecule is Cc1noc(-c2ccc(C(=O)NCC(C3CCOC3)N3CCOCC3)cc2)n1. The predicted octanol–water partition coefficient (Wildman–Crippen LogP) is 1.51. The van der Waals surface area contributed by atoms with E-state index in [2.05, 4.69) is 20.4 Å². The Bertz CT molecular complexity index is 780. The molecule has 150 valence electrons. The van der Waals surface area contributed by atoms with E-state index in [1.807, 2.05) is 12.1 Å². The molecule has 1 aromatic carbocycles. The van der Waals surface area contributed by atoms with Gasteiger partial charge < -0.3 is 19.3 Å². The lowest BCUT2D eigenvalue weighted by Crippen LogP contribution is -2.52. The summed E-state index contributed by atoms with van der Waals surface area (Å²) in [5.74, 6) is 1.41. The molecule has 2 fully saturated rings. The van der Waals surface area contributed by atoms with E-state index in [0.29, 0.717) is 29.7 Å². The van der Waals surface area contributed by atoms with Crippen LogP contribution in [-0.4, -0.2) is 73.1 Å². The van der Waals surface area contributed by atoms with Crippen molar-refractivity contribution in [2.75, 3.05) is 46.1 Å². The van der Waals surface area contributed by atoms with E-state index in [4.69, 9.17) is 14.0 Å². The van der Waals surface area contributed by atoms with Crippen LogP contribution in [0.2, 0.25) is 0 Å². The average Bonchev–Trinajstić information content (AvgIpc) is 3.41. The van der Waals surface area contributed by atoms with Gasteiger partial charge in [0, 0.05) is 49.3 Å². The molecule has 2 aliphatic rings. The fourth-order valence-corrected chi connectivity index (χ4v) is 3.84. The maximum atomic E-state index is 12.7. The molecule has 1 N–H and O–H groups in total. The Morgan fingerprint density at radius 1 is 1.21 bits per heavy atom. The van der Waals surface area contributed by atoms with E-state index in [0.717, 1.165) is 51.5 Å². The van der Waals surface area contributed by atoms with Gasteiger partial charge in [0.2, 0.25) is 0 Å². The van der Waals surface area contributed by atoms with Gasteiger partial charge in [-0.2, -0.15) is 4.98 Å². The number of nitrogens with zero attached hydrogens (tertiary/aromatic N) is 3. The zero-order chi connectivity index (χ0) is 19.3. The molecule has 0 radical (unpaired) electrons. The molecule has 28 heavy (non-hydrogen) atoms. The molecule has 1 aromatic heterocycles. The van der Waals surface area contributed by atoms with Crippen LogP contribution in [0.5, 0.6) is 0 Å². The first-order valence-electron chi connectivity index (χ1n) is 9.79. The van der Waals surface area contributed by atoms with Gasteiger partial charge in [-0.05, 0) is 37.6 Å². The summed E-state index contributed by atoms with van der Waals surface area (Å²) in [6.45, 7) is 7.23. The van der Waals surface area contributed by atoms with Crippen molar-refractivity contribution in [1.29, 1.82) is 0 Å². The predicted molar refractivity (Wildman–Crippen MR) is 102 cm³/mol. The molecule has 0 saturated carbocycles. The van der Waals surface area contributed by atoms with Crippen LogP contribution < -0.4 is 5.32 Å². The van der Waals surface area contributed by atoms with Crippen molar-refractivity contribution in [3.8, 4) is 11.5 Å². The maximum absolute atomic E-state index is 12.7. The zero-order valence-corrected chi connectivity index (χ0v) is 16.1. The summed E-state index contributed by atoms with van der Waals surface area (Å²) in [4.78, 5) is 19.3. The van der Waals surface area contributed by atoms with Gasteiger partial charge in [0.25, 0.3) is 11.8 Å². The number of aromatic nitrogens is 2. The molecule has 2 aromatic rings. The van der Waals surface area contributed by atoms with Crippen molar-refractivity contribution in [3.63, 3.8) is 0 Å². The number of aryl methyl sites for hydroxylation is 1. The van der Waals surface area contributed by atoms with E-state index in [1.54, 1.807) is 19.1 Å². The molecule has 2 aliphatic heterocycles. The molecule has 8 heteroatoms. The van der Waals surface area contributed by atoms with Crippen LogP contribution in [-0.2, 0) is 9.47 Å². The van der Waals surface area contributed by atoms with Crippen molar-refractivity contribution in [2.45, 2.75) is 19.4 Å². The van der Waals surface area contributed by atoms with Crippen molar-refractivity contribution < 1.29 is 18.8 Å². The van der Waals surface area contributed by atoms with E-state index in [-0.39, 0.29) is 11.9 Å². The molecule has 8 nitrogen and oxygen atoms in total. The molecule has 2 atom stereocenters. The first kappa shape index (κ1) is 19.0. The Morgan fingerprint density at radius 2 is 2.00 bits per heavy atom. The topological polar surface area (TPSA) is 89.7 Å². The summed E-state index contributed by atoms with van der Waals surface area (Å²) in [5.41, 5.74) is 1.41. The first-order chi connectivity index (χ1) is 13.7. The van der Waals surface area contributed by atoms with Crippen molar-refractivity contribution in [3.05, 3.63) is 35.7 Å². The van der Waals surface area contributed by atoms with Gasteiger partial charge in [-0.3, -0.25) is 9.69 Å². The molecular formula is C20H26N4O4. The van der Waals surface area contributed by atoms with Crippen LogP contribution >= 0.6 is 0 Å². The number of hydrogen-bond acceptors (Lipinski definition) is 7. The summed E-state index contributed by atoms with van der Waals surface area (Å²) in [5, 5.41) is 6.90. The lowest BCUT2D eigenvalue weighted by Gasteiger charge is -2.37. The summed E-state index contributed by atoms with van der Waals surface area (Å²) in [6.07, 6.45) is 1.04. The highest BCUT2D eigenvalue weighted by Gasteiger charge is 2.31. The second kappa shape index (κ2) is 8.81. The van der Waals surface area contributed by atoms with Gasteiger partial charge in [-0.15, -0.1) is 0 Å². The van der Waals surface area contributed by atoms with Crippen LogP contribution in [0.1, 0.15) is 22.6 Å². The van der Waals surface area contributed by atoms with Gasteiger partial charge in [0.15, 0.2) is 5.82 Å². The molecule has 4 rings (SSSR count). The quantitative estimate of drug-likeness (QED) is 0.805. The van der Waals surface area contributed by atoms with E-state index in [1.165, 1.54) is 0 Å². The molecule has 3 heterocycles. The minimum absolute atomic E-state index is 0.0783. The summed E-state index contributed by atoms with van der Waals surface area (Å²) in [7, 11) is 0. The number of carbonyl (C=O) groups excluding carboxylic acids is 1. The lowest BCUT2D eigenvalue weighted by molar-refractivity contribution is 0.00166.